The van der Waals surface area contributed by atoms with Crippen molar-refractivity contribution in [1.29, 1.82) is 0 Å². The van der Waals surface area contributed by atoms with Crippen LogP contribution in [-0.2, 0) is 10.2 Å². The van der Waals surface area contributed by atoms with E-state index in [4.69, 9.17) is 10.5 Å². The Labute approximate surface area is 128 Å². The lowest BCUT2D eigenvalue weighted by atomic mass is 9.82. The van der Waals surface area contributed by atoms with Crippen molar-refractivity contribution in [3.8, 4) is 5.75 Å². The molecule has 0 heterocycles. The maximum absolute atomic E-state index is 11.5. The van der Waals surface area contributed by atoms with Crippen LogP contribution in [0.2, 0.25) is 0 Å². The second-order valence-corrected chi connectivity index (χ2v) is 6.28. The van der Waals surface area contributed by atoms with Gasteiger partial charge in [-0.15, -0.1) is 0 Å². The molecule has 21 heavy (non-hydrogen) atoms. The van der Waals surface area contributed by atoms with Gasteiger partial charge in [0.2, 0.25) is 5.91 Å². The van der Waals surface area contributed by atoms with Crippen LogP contribution in [0.3, 0.4) is 0 Å². The van der Waals surface area contributed by atoms with Gasteiger partial charge in [-0.2, -0.15) is 0 Å². The van der Waals surface area contributed by atoms with Gasteiger partial charge in [-0.3, -0.25) is 4.79 Å². The number of carbonyl (C=O) groups is 1. The van der Waals surface area contributed by atoms with Crippen molar-refractivity contribution in [3.63, 3.8) is 0 Å². The first-order chi connectivity index (χ1) is 9.75. The van der Waals surface area contributed by atoms with Gasteiger partial charge in [0.25, 0.3) is 0 Å². The van der Waals surface area contributed by atoms with E-state index < -0.39 is 11.4 Å². The molecule has 0 aliphatic carbocycles. The lowest BCUT2D eigenvalue weighted by Crippen LogP contribution is -2.57. The van der Waals surface area contributed by atoms with Crippen molar-refractivity contribution < 1.29 is 9.53 Å². The van der Waals surface area contributed by atoms with Crippen molar-refractivity contribution in [3.05, 3.63) is 29.8 Å². The van der Waals surface area contributed by atoms with Gasteiger partial charge >= 0.3 is 0 Å². The first-order valence-electron chi connectivity index (χ1n) is 7.53. The fraction of sp³-hybridized carbons (Fsp3) is 0.588. The van der Waals surface area contributed by atoms with Crippen LogP contribution in [0.15, 0.2) is 24.3 Å². The Morgan fingerprint density at radius 3 is 2.19 bits per heavy atom. The minimum absolute atomic E-state index is 0.157. The van der Waals surface area contributed by atoms with E-state index in [9.17, 15) is 4.79 Å². The number of hydrogen-bond acceptors (Lipinski definition) is 3. The topological polar surface area (TPSA) is 64.3 Å². The van der Waals surface area contributed by atoms with Crippen LogP contribution in [-0.4, -0.2) is 24.6 Å². The van der Waals surface area contributed by atoms with Crippen LogP contribution in [0, 0.1) is 0 Å². The van der Waals surface area contributed by atoms with E-state index in [0.29, 0.717) is 6.54 Å². The van der Waals surface area contributed by atoms with E-state index in [1.54, 1.807) is 6.92 Å². The lowest BCUT2D eigenvalue weighted by molar-refractivity contribution is -0.124. The number of rotatable bonds is 8. The molecule has 3 N–H and O–H groups in total. The van der Waals surface area contributed by atoms with Crippen LogP contribution in [0.5, 0.6) is 5.75 Å². The minimum Gasteiger partial charge on any atom is -0.491 e. The Kier molecular flexibility index (Phi) is 5.78. The summed E-state index contributed by atoms with van der Waals surface area (Å²) in [6.45, 7) is 11.2. The molecule has 0 fully saturated rings. The van der Waals surface area contributed by atoms with Gasteiger partial charge in [-0.25, -0.2) is 0 Å². The lowest BCUT2D eigenvalue weighted by Gasteiger charge is -2.27. The van der Waals surface area contributed by atoms with E-state index in [2.05, 4.69) is 38.2 Å². The number of hydrogen-bond donors (Lipinski definition) is 2. The molecule has 0 aliphatic heterocycles. The van der Waals surface area contributed by atoms with E-state index in [-0.39, 0.29) is 12.0 Å². The monoisotopic (exact) mass is 292 g/mol. The van der Waals surface area contributed by atoms with Crippen LogP contribution in [0.1, 0.15) is 46.6 Å². The van der Waals surface area contributed by atoms with Crippen LogP contribution in [0.4, 0.5) is 0 Å². The molecule has 0 aliphatic rings. The SMILES string of the molecule is CCNC(C)(COc1ccc(C(C)(C)CC)cc1)C(N)=O. The van der Waals surface area contributed by atoms with Gasteiger partial charge in [0.15, 0.2) is 0 Å². The number of amides is 1. The molecule has 4 nitrogen and oxygen atoms in total. The third kappa shape index (κ3) is 4.46. The Balaban J connectivity index is 2.74. The molecule has 1 unspecified atom stereocenters. The normalized spacial score (nSPS) is 14.5. The average Bonchev–Trinajstić information content (AvgIpc) is 2.45. The summed E-state index contributed by atoms with van der Waals surface area (Å²) in [5.74, 6) is 0.337. The summed E-state index contributed by atoms with van der Waals surface area (Å²) in [6, 6.07) is 8.04. The van der Waals surface area contributed by atoms with Gasteiger partial charge < -0.3 is 15.8 Å². The first-order valence-corrected chi connectivity index (χ1v) is 7.53. The molecule has 118 valence electrons. The molecule has 0 aromatic heterocycles. The minimum atomic E-state index is -0.851. The van der Waals surface area contributed by atoms with Crippen LogP contribution in [0.25, 0.3) is 0 Å². The molecular formula is C17H28N2O2. The summed E-state index contributed by atoms with van der Waals surface area (Å²) in [5, 5.41) is 3.07. The Hall–Kier alpha value is -1.55. The Bertz CT molecular complexity index is 468. The van der Waals surface area contributed by atoms with Crippen LogP contribution < -0.4 is 15.8 Å². The molecule has 0 saturated carbocycles. The summed E-state index contributed by atoms with van der Waals surface area (Å²) in [6.07, 6.45) is 1.08. The van der Waals surface area contributed by atoms with Gasteiger partial charge in [0, 0.05) is 0 Å². The Morgan fingerprint density at radius 1 is 1.19 bits per heavy atom. The number of carbonyl (C=O) groups excluding carboxylic acids is 1. The summed E-state index contributed by atoms with van der Waals surface area (Å²) < 4.78 is 5.72. The van der Waals surface area contributed by atoms with Crippen molar-refractivity contribution in [2.45, 2.75) is 52.0 Å². The molecule has 1 aromatic rings. The van der Waals surface area contributed by atoms with E-state index >= 15 is 0 Å². The molecule has 1 aromatic carbocycles. The largest absolute Gasteiger partial charge is 0.491 e. The molecule has 1 amide bonds. The van der Waals surface area contributed by atoms with Crippen molar-refractivity contribution >= 4 is 5.91 Å². The quantitative estimate of drug-likeness (QED) is 0.774. The smallest absolute Gasteiger partial charge is 0.240 e. The molecule has 0 bridgehead atoms. The summed E-state index contributed by atoms with van der Waals surface area (Å²) in [4.78, 5) is 11.5. The molecule has 0 spiro atoms. The number of ether oxygens (including phenoxy) is 1. The average molecular weight is 292 g/mol. The van der Waals surface area contributed by atoms with Crippen LogP contribution >= 0.6 is 0 Å². The maximum Gasteiger partial charge on any atom is 0.240 e. The predicted molar refractivity (Wildman–Crippen MR) is 86.5 cm³/mol. The highest BCUT2D eigenvalue weighted by molar-refractivity contribution is 5.84. The third-order valence-electron chi connectivity index (χ3n) is 4.16. The fourth-order valence-electron chi connectivity index (χ4n) is 2.03. The summed E-state index contributed by atoms with van der Waals surface area (Å²) in [5.41, 5.74) is 6.02. The van der Waals surface area contributed by atoms with Gasteiger partial charge in [-0.1, -0.05) is 39.8 Å². The standard InChI is InChI=1S/C17H28N2O2/c1-6-16(3,4)13-8-10-14(11-9-13)21-12-17(5,15(18)20)19-7-2/h8-11,19H,6-7,12H2,1-5H3,(H2,18,20). The van der Waals surface area contributed by atoms with Crippen molar-refractivity contribution in [2.24, 2.45) is 5.73 Å². The number of nitrogens with two attached hydrogens (primary N) is 1. The maximum atomic E-state index is 11.5. The number of likely N-dealkylation sites (N-methyl/N-ethyl adjacent to an activating group) is 1. The Morgan fingerprint density at radius 2 is 1.76 bits per heavy atom. The van der Waals surface area contributed by atoms with Gasteiger partial charge in [0.05, 0.1) is 0 Å². The number of benzene rings is 1. The zero-order valence-electron chi connectivity index (χ0n) is 13.8. The molecular weight excluding hydrogens is 264 g/mol. The van der Waals surface area contributed by atoms with Crippen molar-refractivity contribution in [1.82, 2.24) is 5.32 Å². The van der Waals surface area contributed by atoms with Gasteiger partial charge in [0.1, 0.15) is 17.9 Å². The predicted octanol–water partition coefficient (Wildman–Crippen LogP) is 2.61. The molecule has 4 heteroatoms. The van der Waals surface area contributed by atoms with E-state index in [0.717, 1.165) is 12.2 Å². The van der Waals surface area contributed by atoms with Crippen molar-refractivity contribution in [2.75, 3.05) is 13.2 Å². The molecule has 0 saturated heterocycles. The highest BCUT2D eigenvalue weighted by atomic mass is 16.5. The second kappa shape index (κ2) is 6.94. The summed E-state index contributed by atoms with van der Waals surface area (Å²) >= 11 is 0. The van der Waals surface area contributed by atoms with Gasteiger partial charge in [-0.05, 0) is 43.0 Å². The third-order valence-corrected chi connectivity index (χ3v) is 4.16. The first kappa shape index (κ1) is 17.5. The van der Waals surface area contributed by atoms with E-state index in [1.807, 2.05) is 19.1 Å². The second-order valence-electron chi connectivity index (χ2n) is 6.28. The summed E-state index contributed by atoms with van der Waals surface area (Å²) in [7, 11) is 0. The number of nitrogens with one attached hydrogen (secondary N) is 1. The molecule has 1 atom stereocenters. The molecule has 0 radical (unpaired) electrons. The van der Waals surface area contributed by atoms with E-state index in [1.165, 1.54) is 5.56 Å². The number of primary amides is 1. The molecule has 1 rings (SSSR count). The zero-order chi connectivity index (χ0) is 16.1. The highest BCUT2D eigenvalue weighted by Crippen LogP contribution is 2.28. The highest BCUT2D eigenvalue weighted by Gasteiger charge is 2.31. The zero-order valence-corrected chi connectivity index (χ0v) is 13.8. The fourth-order valence-corrected chi connectivity index (χ4v) is 2.03.